The van der Waals surface area contributed by atoms with Crippen LogP contribution in [-0.2, 0) is 5.41 Å². The summed E-state index contributed by atoms with van der Waals surface area (Å²) < 4.78 is 6.10. The molecular weight excluding hydrogens is 444 g/mol. The Kier molecular flexibility index (Phi) is 4.61. The summed E-state index contributed by atoms with van der Waals surface area (Å²) in [6.07, 6.45) is 4.04. The Labute approximate surface area is 211 Å². The smallest absolute Gasteiger partial charge is 0.211 e. The molecule has 36 heavy (non-hydrogen) atoms. The molecule has 0 fully saturated rings. The summed E-state index contributed by atoms with van der Waals surface area (Å²) in [6.45, 7) is 5.30. The average molecular weight is 473 g/mol. The number of amidine groups is 1. The van der Waals surface area contributed by atoms with Crippen LogP contribution >= 0.6 is 0 Å². The molecule has 3 heterocycles. The summed E-state index contributed by atoms with van der Waals surface area (Å²) in [5.41, 5.74) is 9.39. The SMILES string of the molecule is CC1(C)C2=C(c3ccccc3)NC(C3=CC=C(C4Nc5ccccc5O4)NC3)=NC2c2ccccc21. The lowest BCUT2D eigenvalue weighted by molar-refractivity contribution is 0.280. The van der Waals surface area contributed by atoms with E-state index in [0.29, 0.717) is 6.54 Å². The van der Waals surface area contributed by atoms with Crippen LogP contribution in [-0.4, -0.2) is 18.6 Å². The van der Waals surface area contributed by atoms with Crippen LogP contribution in [0.2, 0.25) is 0 Å². The van der Waals surface area contributed by atoms with E-state index in [1.807, 2.05) is 24.3 Å². The Morgan fingerprint density at radius 3 is 2.47 bits per heavy atom. The predicted octanol–water partition coefficient (Wildman–Crippen LogP) is 5.68. The van der Waals surface area contributed by atoms with Crippen molar-refractivity contribution >= 4 is 17.2 Å². The second kappa shape index (κ2) is 7.89. The normalized spacial score (nSPS) is 23.0. The van der Waals surface area contributed by atoms with Gasteiger partial charge in [0.2, 0.25) is 6.23 Å². The van der Waals surface area contributed by atoms with Gasteiger partial charge in [0.15, 0.2) is 0 Å². The first kappa shape index (κ1) is 21.1. The number of allylic oxidation sites excluding steroid dienone is 2. The lowest BCUT2D eigenvalue weighted by Crippen LogP contribution is -2.39. The Morgan fingerprint density at radius 1 is 0.889 bits per heavy atom. The third-order valence-electron chi connectivity index (χ3n) is 7.66. The molecule has 5 heteroatoms. The number of hydrogen-bond donors (Lipinski definition) is 3. The van der Waals surface area contributed by atoms with Gasteiger partial charge in [-0.15, -0.1) is 0 Å². The Morgan fingerprint density at radius 2 is 1.67 bits per heavy atom. The average Bonchev–Trinajstić information content (AvgIpc) is 3.46. The monoisotopic (exact) mass is 472 g/mol. The topological polar surface area (TPSA) is 57.7 Å². The molecule has 3 aromatic carbocycles. The molecule has 4 aliphatic rings. The number of anilines is 1. The minimum Gasteiger partial charge on any atom is -0.463 e. The molecule has 0 aromatic heterocycles. The molecule has 1 aliphatic carbocycles. The number of hydrogen-bond acceptors (Lipinski definition) is 5. The lowest BCUT2D eigenvalue weighted by Gasteiger charge is -2.32. The third-order valence-corrected chi connectivity index (χ3v) is 7.66. The zero-order valence-electron chi connectivity index (χ0n) is 20.4. The molecule has 0 bridgehead atoms. The molecule has 3 N–H and O–H groups in total. The highest BCUT2D eigenvalue weighted by Crippen LogP contribution is 2.54. The second-order valence-corrected chi connectivity index (χ2v) is 10.2. The van der Waals surface area contributed by atoms with Gasteiger partial charge in [0.05, 0.1) is 11.4 Å². The van der Waals surface area contributed by atoms with Crippen molar-refractivity contribution < 1.29 is 4.74 Å². The van der Waals surface area contributed by atoms with Gasteiger partial charge in [-0.2, -0.15) is 0 Å². The Hall–Kier alpha value is -4.25. The summed E-state index contributed by atoms with van der Waals surface area (Å²) in [4.78, 5) is 5.30. The highest BCUT2D eigenvalue weighted by atomic mass is 16.5. The number of ether oxygens (including phenoxy) is 1. The van der Waals surface area contributed by atoms with Gasteiger partial charge >= 0.3 is 0 Å². The van der Waals surface area contributed by atoms with Gasteiger partial charge in [-0.05, 0) is 40.5 Å². The van der Waals surface area contributed by atoms with Crippen molar-refractivity contribution in [3.63, 3.8) is 0 Å². The summed E-state index contributed by atoms with van der Waals surface area (Å²) >= 11 is 0. The minimum absolute atomic E-state index is 0.00302. The molecule has 0 radical (unpaired) electrons. The first-order chi connectivity index (χ1) is 17.6. The predicted molar refractivity (Wildman–Crippen MR) is 145 cm³/mol. The maximum atomic E-state index is 6.10. The lowest BCUT2D eigenvalue weighted by atomic mass is 9.79. The van der Waals surface area contributed by atoms with E-state index in [-0.39, 0.29) is 17.7 Å². The van der Waals surface area contributed by atoms with Crippen LogP contribution in [0.1, 0.15) is 36.6 Å². The summed E-state index contributed by atoms with van der Waals surface area (Å²) in [6, 6.07) is 27.4. The van der Waals surface area contributed by atoms with E-state index in [4.69, 9.17) is 9.73 Å². The molecular formula is C31H28N4O. The fourth-order valence-corrected chi connectivity index (χ4v) is 5.85. The van der Waals surface area contributed by atoms with Crippen molar-refractivity contribution in [3.8, 4) is 5.75 Å². The molecule has 0 amide bonds. The molecule has 0 saturated carbocycles. The molecule has 3 aliphatic heterocycles. The molecule has 0 spiro atoms. The molecule has 2 atom stereocenters. The van der Waals surface area contributed by atoms with Gasteiger partial charge in [0, 0.05) is 23.2 Å². The summed E-state index contributed by atoms with van der Waals surface area (Å²) in [5, 5.41) is 10.7. The van der Waals surface area contributed by atoms with Crippen molar-refractivity contribution in [2.75, 3.05) is 11.9 Å². The summed E-state index contributed by atoms with van der Waals surface area (Å²) in [7, 11) is 0. The number of nitrogens with zero attached hydrogens (tertiary/aromatic N) is 1. The van der Waals surface area contributed by atoms with Gasteiger partial charge in [0.1, 0.15) is 17.6 Å². The van der Waals surface area contributed by atoms with Gasteiger partial charge in [-0.3, -0.25) is 4.99 Å². The fraction of sp³-hybridized carbons (Fsp3) is 0.194. The van der Waals surface area contributed by atoms with Crippen molar-refractivity contribution in [2.45, 2.75) is 31.5 Å². The van der Waals surface area contributed by atoms with Crippen LogP contribution in [0.4, 0.5) is 5.69 Å². The number of benzene rings is 3. The van der Waals surface area contributed by atoms with E-state index in [2.05, 4.69) is 96.5 Å². The standard InChI is InChI=1S/C31H28N4O/c1-31(2)22-13-7-6-12-21(22)28-26(31)27(19-10-4-3-5-11-19)34-29(35-28)20-16-17-24(32-18-20)30-33-23-14-8-9-15-25(23)36-30/h3-17,28,30,32-33H,18H2,1-2H3,(H,34,35). The largest absolute Gasteiger partial charge is 0.463 e. The van der Waals surface area contributed by atoms with Crippen molar-refractivity contribution in [2.24, 2.45) is 4.99 Å². The zero-order valence-corrected chi connectivity index (χ0v) is 20.4. The number of nitrogens with one attached hydrogen (secondary N) is 3. The first-order valence-electron chi connectivity index (χ1n) is 12.5. The van der Waals surface area contributed by atoms with E-state index in [9.17, 15) is 0 Å². The Bertz CT molecular complexity index is 1470. The van der Waals surface area contributed by atoms with E-state index in [0.717, 1.165) is 28.5 Å². The Balaban J connectivity index is 1.26. The molecule has 3 aromatic rings. The van der Waals surface area contributed by atoms with Crippen LogP contribution < -0.4 is 20.7 Å². The first-order valence-corrected chi connectivity index (χ1v) is 12.5. The molecule has 178 valence electrons. The number of rotatable bonds is 3. The van der Waals surface area contributed by atoms with Gasteiger partial charge in [0.25, 0.3) is 0 Å². The van der Waals surface area contributed by atoms with Crippen molar-refractivity contribution in [3.05, 3.63) is 125 Å². The maximum Gasteiger partial charge on any atom is 0.211 e. The van der Waals surface area contributed by atoms with Crippen LogP contribution in [0, 0.1) is 0 Å². The van der Waals surface area contributed by atoms with E-state index < -0.39 is 0 Å². The third kappa shape index (κ3) is 3.19. The highest BCUT2D eigenvalue weighted by molar-refractivity contribution is 6.06. The molecule has 5 nitrogen and oxygen atoms in total. The number of fused-ring (bicyclic) bond motifs is 4. The number of para-hydroxylation sites is 2. The van der Waals surface area contributed by atoms with E-state index in [1.165, 1.54) is 28.0 Å². The number of aliphatic imine (C=N–C) groups is 1. The molecule has 0 saturated heterocycles. The van der Waals surface area contributed by atoms with Crippen LogP contribution in [0.25, 0.3) is 5.70 Å². The second-order valence-electron chi connectivity index (χ2n) is 10.2. The van der Waals surface area contributed by atoms with Crippen molar-refractivity contribution in [1.29, 1.82) is 0 Å². The van der Waals surface area contributed by atoms with E-state index in [1.54, 1.807) is 0 Å². The quantitative estimate of drug-likeness (QED) is 0.459. The van der Waals surface area contributed by atoms with Gasteiger partial charge in [-0.25, -0.2) is 0 Å². The van der Waals surface area contributed by atoms with Crippen LogP contribution in [0.5, 0.6) is 5.75 Å². The van der Waals surface area contributed by atoms with Gasteiger partial charge < -0.3 is 20.7 Å². The van der Waals surface area contributed by atoms with Crippen LogP contribution in [0.3, 0.4) is 0 Å². The maximum absolute atomic E-state index is 6.10. The minimum atomic E-state index is -0.213. The van der Waals surface area contributed by atoms with Gasteiger partial charge in [-0.1, -0.05) is 86.7 Å². The van der Waals surface area contributed by atoms with Crippen molar-refractivity contribution in [1.82, 2.24) is 10.6 Å². The fourth-order valence-electron chi connectivity index (χ4n) is 5.85. The highest BCUT2D eigenvalue weighted by Gasteiger charge is 2.45. The summed E-state index contributed by atoms with van der Waals surface area (Å²) in [5.74, 6) is 1.80. The number of dihydropyridines is 1. The van der Waals surface area contributed by atoms with E-state index >= 15 is 0 Å². The zero-order chi connectivity index (χ0) is 24.3. The molecule has 2 unspecified atom stereocenters. The molecule has 7 rings (SSSR count). The van der Waals surface area contributed by atoms with Crippen LogP contribution in [0.15, 0.2) is 113 Å².